The minimum atomic E-state index is 0.233. The molecule has 0 bridgehead atoms. The average Bonchev–Trinajstić information content (AvgIpc) is 3.21. The van der Waals surface area contributed by atoms with Crippen molar-refractivity contribution in [3.8, 4) is 5.75 Å². The molecule has 0 spiro atoms. The molecule has 1 aliphatic carbocycles. The third kappa shape index (κ3) is 2.73. The second-order valence-electron chi connectivity index (χ2n) is 6.30. The van der Waals surface area contributed by atoms with E-state index in [1.165, 1.54) is 23.3 Å². The number of aryl methyl sites for hydroxylation is 2. The van der Waals surface area contributed by atoms with Crippen LogP contribution in [0.3, 0.4) is 0 Å². The monoisotopic (exact) mass is 404 g/mol. The van der Waals surface area contributed by atoms with E-state index in [1.807, 2.05) is 0 Å². The van der Waals surface area contributed by atoms with E-state index in [-0.39, 0.29) is 6.61 Å². The van der Waals surface area contributed by atoms with E-state index in [2.05, 4.69) is 10.1 Å². The molecule has 3 heterocycles. The number of hydrogen-bond donors (Lipinski definition) is 0. The molecule has 5 rings (SSSR count). The second kappa shape index (κ2) is 6.37. The molecule has 0 saturated carbocycles. The van der Waals surface area contributed by atoms with Gasteiger partial charge in [0.2, 0.25) is 0 Å². The van der Waals surface area contributed by atoms with Crippen LogP contribution < -0.4 is 4.74 Å². The smallest absolute Gasteiger partial charge is 0.189 e. The van der Waals surface area contributed by atoms with Gasteiger partial charge in [0.05, 0.1) is 10.4 Å². The van der Waals surface area contributed by atoms with Crippen LogP contribution in [0.15, 0.2) is 24.5 Å². The maximum atomic E-state index is 6.15. The summed E-state index contributed by atoms with van der Waals surface area (Å²) >= 11 is 13.9. The summed E-state index contributed by atoms with van der Waals surface area (Å²) < 4.78 is 7.51. The number of fused-ring (bicyclic) bond motifs is 5. The maximum absolute atomic E-state index is 6.15. The summed E-state index contributed by atoms with van der Waals surface area (Å²) in [5, 5.41) is 6.70. The number of nitrogens with zero attached hydrogens (tertiary/aromatic N) is 4. The van der Waals surface area contributed by atoms with Crippen LogP contribution in [-0.4, -0.2) is 19.6 Å². The first-order valence-electron chi connectivity index (χ1n) is 8.41. The van der Waals surface area contributed by atoms with Crippen molar-refractivity contribution >= 4 is 50.4 Å². The zero-order valence-electron chi connectivity index (χ0n) is 13.7. The van der Waals surface area contributed by atoms with Crippen LogP contribution in [0, 0.1) is 0 Å². The topological polar surface area (TPSA) is 52.3 Å². The third-order valence-electron chi connectivity index (χ3n) is 4.59. The molecule has 1 aromatic carbocycles. The minimum absolute atomic E-state index is 0.233. The van der Waals surface area contributed by atoms with E-state index < -0.39 is 0 Å². The molecule has 0 saturated heterocycles. The van der Waals surface area contributed by atoms with Crippen molar-refractivity contribution in [1.82, 2.24) is 19.6 Å². The fraction of sp³-hybridized carbons (Fsp3) is 0.278. The molecule has 0 radical (unpaired) electrons. The zero-order chi connectivity index (χ0) is 17.7. The van der Waals surface area contributed by atoms with Gasteiger partial charge in [-0.15, -0.1) is 16.4 Å². The molecule has 1 aliphatic rings. The van der Waals surface area contributed by atoms with Gasteiger partial charge >= 0.3 is 0 Å². The highest BCUT2D eigenvalue weighted by atomic mass is 35.5. The van der Waals surface area contributed by atoms with E-state index >= 15 is 0 Å². The number of aromatic nitrogens is 4. The number of hydrogen-bond acceptors (Lipinski definition) is 5. The SMILES string of the molecule is Clc1ccc(OCc2nc3c4c5c(sc4ncn3n2)CCCC5)c(Cl)c1. The molecule has 0 unspecified atom stereocenters. The first kappa shape index (κ1) is 16.3. The summed E-state index contributed by atoms with van der Waals surface area (Å²) in [7, 11) is 0. The van der Waals surface area contributed by atoms with E-state index in [9.17, 15) is 0 Å². The Morgan fingerprint density at radius 3 is 2.96 bits per heavy atom. The second-order valence-corrected chi connectivity index (χ2v) is 8.22. The third-order valence-corrected chi connectivity index (χ3v) is 6.32. The summed E-state index contributed by atoms with van der Waals surface area (Å²) in [6.07, 6.45) is 6.44. The van der Waals surface area contributed by atoms with Crippen LogP contribution in [0.4, 0.5) is 0 Å². The highest BCUT2D eigenvalue weighted by molar-refractivity contribution is 7.19. The minimum Gasteiger partial charge on any atom is -0.484 e. The van der Waals surface area contributed by atoms with Crippen LogP contribution in [-0.2, 0) is 19.4 Å². The fourth-order valence-corrected chi connectivity index (χ4v) is 5.08. The Morgan fingerprint density at radius 2 is 2.08 bits per heavy atom. The molecule has 26 heavy (non-hydrogen) atoms. The molecule has 0 N–H and O–H groups in total. The van der Waals surface area contributed by atoms with Gasteiger partial charge in [-0.2, -0.15) is 0 Å². The van der Waals surface area contributed by atoms with Crippen LogP contribution >= 0.6 is 34.5 Å². The van der Waals surface area contributed by atoms with Gasteiger partial charge in [0.1, 0.15) is 23.5 Å². The summed E-state index contributed by atoms with van der Waals surface area (Å²) in [6.45, 7) is 0.233. The Morgan fingerprint density at radius 1 is 1.19 bits per heavy atom. The highest BCUT2D eigenvalue weighted by Crippen LogP contribution is 2.37. The Kier molecular flexibility index (Phi) is 3.99. The molecule has 132 valence electrons. The van der Waals surface area contributed by atoms with Gasteiger partial charge in [0, 0.05) is 9.90 Å². The van der Waals surface area contributed by atoms with Crippen LogP contribution in [0.2, 0.25) is 10.0 Å². The Labute approximate surface area is 163 Å². The molecule has 3 aromatic heterocycles. The Bertz CT molecular complexity index is 1140. The number of rotatable bonds is 3. The quantitative estimate of drug-likeness (QED) is 0.476. The van der Waals surface area contributed by atoms with Crippen LogP contribution in [0.1, 0.15) is 29.1 Å². The first-order chi connectivity index (χ1) is 12.7. The normalized spacial score (nSPS) is 14.1. The van der Waals surface area contributed by atoms with E-state index in [4.69, 9.17) is 32.9 Å². The highest BCUT2D eigenvalue weighted by Gasteiger charge is 2.20. The summed E-state index contributed by atoms with van der Waals surface area (Å²) in [4.78, 5) is 11.8. The van der Waals surface area contributed by atoms with Gasteiger partial charge in [-0.05, 0) is 49.4 Å². The molecule has 0 aliphatic heterocycles. The number of benzene rings is 1. The van der Waals surface area contributed by atoms with Gasteiger partial charge in [0.15, 0.2) is 11.5 Å². The average molecular weight is 405 g/mol. The number of halogens is 2. The standard InChI is InChI=1S/C18H14Cl2N4OS/c19-10-5-6-13(12(20)7-10)25-8-15-22-17-16-11-3-1-2-4-14(11)26-18(16)21-9-24(17)23-15/h5-7,9H,1-4,8H2. The van der Waals surface area contributed by atoms with Crippen molar-refractivity contribution in [3.05, 3.63) is 50.8 Å². The Hall–Kier alpha value is -1.89. The zero-order valence-corrected chi connectivity index (χ0v) is 16.0. The predicted molar refractivity (Wildman–Crippen MR) is 104 cm³/mol. The molecule has 0 atom stereocenters. The predicted octanol–water partition coefficient (Wildman–Crippen LogP) is 5.10. The van der Waals surface area contributed by atoms with Gasteiger partial charge in [-0.3, -0.25) is 0 Å². The molecule has 8 heteroatoms. The van der Waals surface area contributed by atoms with E-state index in [0.717, 1.165) is 28.7 Å². The lowest BCUT2D eigenvalue weighted by Crippen LogP contribution is -1.99. The summed E-state index contributed by atoms with van der Waals surface area (Å²) in [5.74, 6) is 1.16. The lowest BCUT2D eigenvalue weighted by atomic mass is 9.97. The van der Waals surface area contributed by atoms with E-state index in [0.29, 0.717) is 21.6 Å². The van der Waals surface area contributed by atoms with Crippen molar-refractivity contribution in [3.63, 3.8) is 0 Å². The van der Waals surface area contributed by atoms with Crippen molar-refractivity contribution in [2.45, 2.75) is 32.3 Å². The van der Waals surface area contributed by atoms with Crippen LogP contribution in [0.5, 0.6) is 5.75 Å². The Balaban J connectivity index is 1.51. The van der Waals surface area contributed by atoms with Crippen LogP contribution in [0.25, 0.3) is 15.9 Å². The fourth-order valence-electron chi connectivity index (χ4n) is 3.39. The van der Waals surface area contributed by atoms with Gasteiger partial charge < -0.3 is 4.74 Å². The van der Waals surface area contributed by atoms with Crippen molar-refractivity contribution < 1.29 is 4.74 Å². The van der Waals surface area contributed by atoms with Gasteiger partial charge in [0.25, 0.3) is 0 Å². The largest absolute Gasteiger partial charge is 0.484 e. The molecule has 0 amide bonds. The first-order valence-corrected chi connectivity index (χ1v) is 9.98. The molecular weight excluding hydrogens is 391 g/mol. The number of ether oxygens (including phenoxy) is 1. The van der Waals surface area contributed by atoms with Crippen molar-refractivity contribution in [2.24, 2.45) is 0 Å². The van der Waals surface area contributed by atoms with Gasteiger partial charge in [-0.1, -0.05) is 23.2 Å². The van der Waals surface area contributed by atoms with Gasteiger partial charge in [-0.25, -0.2) is 14.5 Å². The lowest BCUT2D eigenvalue weighted by molar-refractivity contribution is 0.296. The molecular formula is C18H14Cl2N4OS. The summed E-state index contributed by atoms with van der Waals surface area (Å²) in [6, 6.07) is 5.14. The maximum Gasteiger partial charge on any atom is 0.189 e. The molecule has 5 nitrogen and oxygen atoms in total. The van der Waals surface area contributed by atoms with E-state index in [1.54, 1.807) is 40.4 Å². The van der Waals surface area contributed by atoms with Crippen molar-refractivity contribution in [2.75, 3.05) is 0 Å². The summed E-state index contributed by atoms with van der Waals surface area (Å²) in [5.41, 5.74) is 2.25. The lowest BCUT2D eigenvalue weighted by Gasteiger charge is -2.09. The molecule has 0 fully saturated rings. The molecule has 4 aromatic rings. The number of thiophene rings is 1. The van der Waals surface area contributed by atoms with Crippen molar-refractivity contribution in [1.29, 1.82) is 0 Å².